The van der Waals surface area contributed by atoms with Gasteiger partial charge in [0.05, 0.1) is 13.2 Å². The van der Waals surface area contributed by atoms with Crippen molar-refractivity contribution in [1.82, 2.24) is 20.1 Å². The first kappa shape index (κ1) is 14.0. The highest BCUT2D eigenvalue weighted by molar-refractivity contribution is 4.85. The average molecular weight is 248 g/mol. The summed E-state index contributed by atoms with van der Waals surface area (Å²) >= 11 is 0. The Morgan fingerprint density at radius 1 is 1.47 bits per heavy atom. The Morgan fingerprint density at radius 2 is 2.24 bits per heavy atom. The first-order valence-corrected chi connectivity index (χ1v) is 5.56. The quantitative estimate of drug-likeness (QED) is 0.703. The minimum atomic E-state index is -2.40. The van der Waals surface area contributed by atoms with Crippen LogP contribution in [0.2, 0.25) is 0 Å². The van der Waals surface area contributed by atoms with Crippen LogP contribution in [-0.2, 0) is 11.3 Å². The van der Waals surface area contributed by atoms with Crippen molar-refractivity contribution in [3.05, 3.63) is 12.2 Å². The van der Waals surface area contributed by atoms with Gasteiger partial charge in [-0.1, -0.05) is 0 Å². The maximum atomic E-state index is 11.7. The molecule has 0 saturated carbocycles. The highest BCUT2D eigenvalue weighted by Gasteiger charge is 2.06. The number of nitrogens with zero attached hydrogens (tertiary/aromatic N) is 3. The molecule has 98 valence electrons. The molecule has 1 aromatic rings. The summed E-state index contributed by atoms with van der Waals surface area (Å²) in [6.45, 7) is 4.85. The van der Waals surface area contributed by atoms with Gasteiger partial charge >= 0.3 is 0 Å². The molecule has 0 aliphatic rings. The summed E-state index contributed by atoms with van der Waals surface area (Å²) in [5.41, 5.74) is 0. The molecule has 0 radical (unpaired) electrons. The van der Waals surface area contributed by atoms with E-state index in [9.17, 15) is 8.78 Å². The molecule has 0 atom stereocenters. The van der Waals surface area contributed by atoms with Crippen molar-refractivity contribution in [2.75, 3.05) is 19.8 Å². The largest absolute Gasteiger partial charge is 0.374 e. The van der Waals surface area contributed by atoms with Gasteiger partial charge in [0.15, 0.2) is 0 Å². The van der Waals surface area contributed by atoms with Crippen molar-refractivity contribution in [3.63, 3.8) is 0 Å². The summed E-state index contributed by atoms with van der Waals surface area (Å²) < 4.78 is 30.0. The number of rotatable bonds is 8. The third-order valence-corrected chi connectivity index (χ3v) is 2.09. The molecule has 0 amide bonds. The van der Waals surface area contributed by atoms with Gasteiger partial charge in [-0.2, -0.15) is 5.10 Å². The summed E-state index contributed by atoms with van der Waals surface area (Å²) in [6.07, 6.45) is -0.899. The van der Waals surface area contributed by atoms with Gasteiger partial charge in [-0.3, -0.25) is 0 Å². The van der Waals surface area contributed by atoms with Crippen LogP contribution in [0, 0.1) is 0 Å². The number of nitrogens with one attached hydrogen (secondary N) is 1. The minimum Gasteiger partial charge on any atom is -0.374 e. The Morgan fingerprint density at radius 3 is 2.88 bits per heavy atom. The van der Waals surface area contributed by atoms with E-state index in [1.54, 1.807) is 0 Å². The molecule has 17 heavy (non-hydrogen) atoms. The van der Waals surface area contributed by atoms with Crippen LogP contribution in [0.1, 0.15) is 25.7 Å². The third kappa shape index (κ3) is 5.18. The SMILES string of the molecule is CC(C)n1ncnc1CNCCOCC(F)F. The van der Waals surface area contributed by atoms with Crippen molar-refractivity contribution in [3.8, 4) is 0 Å². The Kier molecular flexibility index (Phi) is 5.99. The zero-order valence-electron chi connectivity index (χ0n) is 10.1. The van der Waals surface area contributed by atoms with Gasteiger partial charge in [0.25, 0.3) is 6.43 Å². The fraction of sp³-hybridized carbons (Fsp3) is 0.800. The lowest BCUT2D eigenvalue weighted by atomic mass is 10.4. The van der Waals surface area contributed by atoms with E-state index in [1.165, 1.54) is 6.33 Å². The van der Waals surface area contributed by atoms with Gasteiger partial charge in [0.1, 0.15) is 18.8 Å². The number of ether oxygens (including phenoxy) is 1. The summed E-state index contributed by atoms with van der Waals surface area (Å²) in [7, 11) is 0. The molecule has 1 N–H and O–H groups in total. The molecule has 1 heterocycles. The normalized spacial score (nSPS) is 11.6. The minimum absolute atomic E-state index is 0.254. The second-order valence-corrected chi connectivity index (χ2v) is 3.86. The van der Waals surface area contributed by atoms with Gasteiger partial charge in [0.2, 0.25) is 0 Å². The lowest BCUT2D eigenvalue weighted by Gasteiger charge is -2.10. The maximum Gasteiger partial charge on any atom is 0.261 e. The molecular weight excluding hydrogens is 230 g/mol. The fourth-order valence-corrected chi connectivity index (χ4v) is 1.35. The van der Waals surface area contributed by atoms with E-state index in [1.807, 2.05) is 18.5 Å². The van der Waals surface area contributed by atoms with Crippen LogP contribution in [0.25, 0.3) is 0 Å². The lowest BCUT2D eigenvalue weighted by Crippen LogP contribution is -2.23. The Labute approximate surface area is 99.2 Å². The van der Waals surface area contributed by atoms with Gasteiger partial charge in [-0.25, -0.2) is 18.4 Å². The van der Waals surface area contributed by atoms with Gasteiger partial charge in [0, 0.05) is 12.6 Å². The zero-order chi connectivity index (χ0) is 12.7. The van der Waals surface area contributed by atoms with Crippen LogP contribution in [0.15, 0.2) is 6.33 Å². The van der Waals surface area contributed by atoms with Gasteiger partial charge in [-0.15, -0.1) is 0 Å². The Bertz CT molecular complexity index is 317. The van der Waals surface area contributed by atoms with Crippen LogP contribution in [-0.4, -0.2) is 40.9 Å². The molecule has 0 spiro atoms. The van der Waals surface area contributed by atoms with Crippen LogP contribution >= 0.6 is 0 Å². The Balaban J connectivity index is 2.16. The molecular formula is C10H18F2N4O. The number of aromatic nitrogens is 3. The van der Waals surface area contributed by atoms with E-state index in [0.29, 0.717) is 13.1 Å². The van der Waals surface area contributed by atoms with Crippen LogP contribution in [0.4, 0.5) is 8.78 Å². The van der Waals surface area contributed by atoms with Crippen molar-refractivity contribution in [1.29, 1.82) is 0 Å². The average Bonchev–Trinajstić information content (AvgIpc) is 2.71. The van der Waals surface area contributed by atoms with E-state index in [0.717, 1.165) is 5.82 Å². The standard InChI is InChI=1S/C10H18F2N4O/c1-8(2)16-10(14-7-15-16)5-13-3-4-17-6-9(11)12/h7-9,13H,3-6H2,1-2H3. The molecule has 7 heteroatoms. The number of hydrogen-bond donors (Lipinski definition) is 1. The number of halogens is 2. The molecule has 0 fully saturated rings. The summed E-state index contributed by atoms with van der Waals surface area (Å²) in [5.74, 6) is 0.828. The molecule has 0 unspecified atom stereocenters. The first-order valence-electron chi connectivity index (χ1n) is 5.56. The topological polar surface area (TPSA) is 52.0 Å². The number of alkyl halides is 2. The highest BCUT2D eigenvalue weighted by atomic mass is 19.3. The van der Waals surface area contributed by atoms with E-state index >= 15 is 0 Å². The molecule has 5 nitrogen and oxygen atoms in total. The monoisotopic (exact) mass is 248 g/mol. The lowest BCUT2D eigenvalue weighted by molar-refractivity contribution is 0.0186. The molecule has 1 rings (SSSR count). The second-order valence-electron chi connectivity index (χ2n) is 3.86. The molecule has 0 aliphatic heterocycles. The highest BCUT2D eigenvalue weighted by Crippen LogP contribution is 2.04. The molecule has 1 aromatic heterocycles. The Hall–Kier alpha value is -1.08. The number of hydrogen-bond acceptors (Lipinski definition) is 4. The van der Waals surface area contributed by atoms with Crippen molar-refractivity contribution in [2.45, 2.75) is 32.9 Å². The van der Waals surface area contributed by atoms with E-state index < -0.39 is 13.0 Å². The van der Waals surface area contributed by atoms with Gasteiger partial charge < -0.3 is 10.1 Å². The molecule has 0 saturated heterocycles. The predicted octanol–water partition coefficient (Wildman–Crippen LogP) is 1.23. The van der Waals surface area contributed by atoms with E-state index in [2.05, 4.69) is 15.4 Å². The van der Waals surface area contributed by atoms with E-state index in [-0.39, 0.29) is 12.6 Å². The summed E-state index contributed by atoms with van der Waals surface area (Å²) in [4.78, 5) is 4.11. The van der Waals surface area contributed by atoms with Crippen LogP contribution in [0.5, 0.6) is 0 Å². The molecule has 0 aromatic carbocycles. The van der Waals surface area contributed by atoms with E-state index in [4.69, 9.17) is 4.74 Å². The third-order valence-electron chi connectivity index (χ3n) is 2.09. The smallest absolute Gasteiger partial charge is 0.261 e. The second kappa shape index (κ2) is 7.29. The van der Waals surface area contributed by atoms with Gasteiger partial charge in [-0.05, 0) is 13.8 Å². The zero-order valence-corrected chi connectivity index (χ0v) is 10.1. The maximum absolute atomic E-state index is 11.7. The fourth-order valence-electron chi connectivity index (χ4n) is 1.35. The van der Waals surface area contributed by atoms with Crippen LogP contribution < -0.4 is 5.32 Å². The van der Waals surface area contributed by atoms with Crippen LogP contribution in [0.3, 0.4) is 0 Å². The summed E-state index contributed by atoms with van der Waals surface area (Å²) in [5, 5.41) is 7.15. The van der Waals surface area contributed by atoms with Crippen molar-refractivity contribution >= 4 is 0 Å². The summed E-state index contributed by atoms with van der Waals surface area (Å²) in [6, 6.07) is 0.254. The predicted molar refractivity (Wildman–Crippen MR) is 58.9 cm³/mol. The molecule has 0 aliphatic carbocycles. The first-order chi connectivity index (χ1) is 8.11. The van der Waals surface area contributed by atoms with Crippen molar-refractivity contribution < 1.29 is 13.5 Å². The molecule has 0 bridgehead atoms. The van der Waals surface area contributed by atoms with Crippen molar-refractivity contribution in [2.24, 2.45) is 0 Å².